The van der Waals surface area contributed by atoms with E-state index in [9.17, 15) is 10.5 Å². The summed E-state index contributed by atoms with van der Waals surface area (Å²) in [6.45, 7) is -0.397. The maximum Gasteiger partial charge on any atom is 0.257 e. The first-order valence-electron chi connectivity index (χ1n) is 29.6. The van der Waals surface area contributed by atoms with Gasteiger partial charge in [-0.25, -0.2) is 0 Å². The van der Waals surface area contributed by atoms with E-state index in [1.807, 2.05) is 60.7 Å². The van der Waals surface area contributed by atoms with Crippen LogP contribution in [-0.4, -0.2) is 6.71 Å². The highest BCUT2D eigenvalue weighted by molar-refractivity contribution is 7.01. The largest absolute Gasteiger partial charge is 0.456 e. The topological polar surface area (TPSA) is 73.7 Å². The lowest BCUT2D eigenvalue weighted by Gasteiger charge is -2.45. The number of anilines is 12. The molecule has 2 aliphatic rings. The van der Waals surface area contributed by atoms with Gasteiger partial charge >= 0.3 is 0 Å². The van der Waals surface area contributed by atoms with E-state index in [0.29, 0.717) is 11.1 Å². The molecule has 0 N–H and O–H groups in total. The van der Waals surface area contributed by atoms with Crippen LogP contribution in [0, 0.1) is 22.7 Å². The summed E-state index contributed by atoms with van der Waals surface area (Å²) in [5, 5.41) is 22.1. The Bertz CT molecular complexity index is 5050. The average Bonchev–Trinajstić information content (AvgIpc) is 1.02. The Morgan fingerprint density at radius 1 is 0.330 bits per heavy atom. The van der Waals surface area contributed by atoms with Gasteiger partial charge in [-0.15, -0.1) is 0 Å². The molecular formula is C80H51BN6O. The standard InChI is InChI=1S/C80H51BN6O/c82-52-54-38-42-62(43-39-54)84(60-28-12-4-13-29-60)64-46-47-68-71(50-64)86(69-35-19-16-32-65(69)57-24-8-2-9-25-57)73-48-59(56-22-6-1-7-23-56)49-74-78(73)81(68)79-75(87(74)70-36-20-17-33-66(70)58-26-10-3-11-27-58)51-72(77-67-34-18-21-37-76(67)88-80(77)79)85(61-30-14-5-15-31-61)63-44-40-55(53-83)41-45-63/h1-51H. The van der Waals surface area contributed by atoms with Gasteiger partial charge in [-0.1, -0.05) is 188 Å². The second-order valence-electron chi connectivity index (χ2n) is 22.2. The van der Waals surface area contributed by atoms with Gasteiger partial charge in [0.15, 0.2) is 0 Å². The third kappa shape index (κ3) is 8.59. The van der Waals surface area contributed by atoms with Crippen molar-refractivity contribution in [2.75, 3.05) is 19.6 Å². The van der Waals surface area contributed by atoms with Gasteiger partial charge < -0.3 is 24.0 Å². The smallest absolute Gasteiger partial charge is 0.257 e. The zero-order valence-electron chi connectivity index (χ0n) is 47.6. The summed E-state index contributed by atoms with van der Waals surface area (Å²) in [4.78, 5) is 9.63. The molecule has 14 aromatic rings. The molecule has 0 atom stereocenters. The fraction of sp³-hybridized carbons (Fsp3) is 0. The summed E-state index contributed by atoms with van der Waals surface area (Å²) in [5.74, 6) is 0. The Morgan fingerprint density at radius 2 is 0.761 bits per heavy atom. The number of hydrogen-bond acceptors (Lipinski definition) is 7. The molecule has 0 spiro atoms. The van der Waals surface area contributed by atoms with E-state index in [-0.39, 0.29) is 0 Å². The summed E-state index contributed by atoms with van der Waals surface area (Å²) in [7, 11) is 0. The molecule has 0 fully saturated rings. The van der Waals surface area contributed by atoms with Crippen LogP contribution in [0.25, 0.3) is 55.3 Å². The molecule has 0 unspecified atom stereocenters. The number of fused-ring (bicyclic) bond motifs is 8. The maximum atomic E-state index is 10.1. The van der Waals surface area contributed by atoms with Crippen molar-refractivity contribution in [2.24, 2.45) is 0 Å². The van der Waals surface area contributed by atoms with Crippen molar-refractivity contribution >= 4 is 113 Å². The zero-order valence-corrected chi connectivity index (χ0v) is 47.6. The van der Waals surface area contributed by atoms with Crippen LogP contribution in [0.4, 0.5) is 68.2 Å². The van der Waals surface area contributed by atoms with Gasteiger partial charge in [-0.2, -0.15) is 10.5 Å². The molecule has 1 aromatic heterocycles. The monoisotopic (exact) mass is 1120 g/mol. The number of para-hydroxylation sites is 5. The van der Waals surface area contributed by atoms with Crippen LogP contribution in [0.15, 0.2) is 314 Å². The van der Waals surface area contributed by atoms with E-state index < -0.39 is 6.71 Å². The summed E-state index contributed by atoms with van der Waals surface area (Å²) in [6, 6.07) is 114. The van der Waals surface area contributed by atoms with Crippen molar-refractivity contribution in [1.29, 1.82) is 10.5 Å². The normalized spacial score (nSPS) is 12.0. The summed E-state index contributed by atoms with van der Waals surface area (Å²) in [5.41, 5.74) is 24.1. The third-order valence-electron chi connectivity index (χ3n) is 17.3. The number of rotatable bonds is 11. The van der Waals surface area contributed by atoms with Gasteiger partial charge in [0.05, 0.1) is 45.7 Å². The molecule has 0 saturated heterocycles. The Kier molecular flexibility index (Phi) is 12.6. The van der Waals surface area contributed by atoms with Crippen LogP contribution in [0.3, 0.4) is 0 Å². The average molecular weight is 1120 g/mol. The maximum absolute atomic E-state index is 10.1. The second kappa shape index (κ2) is 21.5. The summed E-state index contributed by atoms with van der Waals surface area (Å²) >= 11 is 0. The molecule has 0 aliphatic carbocycles. The van der Waals surface area contributed by atoms with Crippen molar-refractivity contribution in [2.45, 2.75) is 0 Å². The third-order valence-corrected chi connectivity index (χ3v) is 17.3. The molecular weight excluding hydrogens is 1070 g/mol. The molecule has 410 valence electrons. The lowest BCUT2D eigenvalue weighted by Crippen LogP contribution is -2.61. The minimum absolute atomic E-state index is 0.397. The van der Waals surface area contributed by atoms with Gasteiger partial charge in [-0.3, -0.25) is 0 Å². The molecule has 0 radical (unpaired) electrons. The minimum Gasteiger partial charge on any atom is -0.456 e. The predicted molar refractivity (Wildman–Crippen MR) is 363 cm³/mol. The number of furan rings is 1. The highest BCUT2D eigenvalue weighted by atomic mass is 16.3. The number of nitriles is 2. The van der Waals surface area contributed by atoms with Crippen LogP contribution < -0.4 is 36.0 Å². The lowest BCUT2D eigenvalue weighted by atomic mass is 9.33. The van der Waals surface area contributed by atoms with E-state index in [4.69, 9.17) is 4.42 Å². The van der Waals surface area contributed by atoms with Gasteiger partial charge in [0, 0.05) is 67.7 Å². The fourth-order valence-electron chi connectivity index (χ4n) is 13.4. The van der Waals surface area contributed by atoms with Crippen molar-refractivity contribution in [3.05, 3.63) is 321 Å². The summed E-state index contributed by atoms with van der Waals surface area (Å²) in [6.07, 6.45) is 0. The van der Waals surface area contributed by atoms with Crippen LogP contribution in [0.2, 0.25) is 0 Å². The molecule has 0 bridgehead atoms. The molecule has 0 amide bonds. The highest BCUT2D eigenvalue weighted by Crippen LogP contribution is 2.54. The first-order chi connectivity index (χ1) is 43.6. The van der Waals surface area contributed by atoms with Crippen LogP contribution in [0.1, 0.15) is 11.1 Å². The molecule has 7 nitrogen and oxygen atoms in total. The van der Waals surface area contributed by atoms with Crippen LogP contribution >= 0.6 is 0 Å². The van der Waals surface area contributed by atoms with Crippen molar-refractivity contribution in [3.63, 3.8) is 0 Å². The number of hydrogen-bond donors (Lipinski definition) is 0. The Labute approximate surface area is 511 Å². The quantitative estimate of drug-likeness (QED) is 0.119. The van der Waals surface area contributed by atoms with Gasteiger partial charge in [0.25, 0.3) is 6.71 Å². The molecule has 3 heterocycles. The van der Waals surface area contributed by atoms with Crippen LogP contribution in [0.5, 0.6) is 0 Å². The highest BCUT2D eigenvalue weighted by Gasteiger charge is 2.47. The molecule has 0 saturated carbocycles. The predicted octanol–water partition coefficient (Wildman–Crippen LogP) is 19.4. The molecule has 8 heteroatoms. The Morgan fingerprint density at radius 3 is 1.32 bits per heavy atom. The van der Waals surface area contributed by atoms with Gasteiger partial charge in [-0.05, 0) is 160 Å². The first kappa shape index (κ1) is 51.5. The molecule has 16 rings (SSSR count). The number of nitrogens with zero attached hydrogens (tertiary/aromatic N) is 6. The van der Waals surface area contributed by atoms with Crippen molar-refractivity contribution < 1.29 is 4.42 Å². The van der Waals surface area contributed by atoms with Crippen molar-refractivity contribution in [1.82, 2.24) is 0 Å². The van der Waals surface area contributed by atoms with Gasteiger partial charge in [0.2, 0.25) is 0 Å². The zero-order chi connectivity index (χ0) is 58.7. The van der Waals surface area contributed by atoms with E-state index in [1.165, 1.54) is 0 Å². The van der Waals surface area contributed by atoms with E-state index >= 15 is 0 Å². The van der Waals surface area contributed by atoms with Crippen LogP contribution in [-0.2, 0) is 0 Å². The van der Waals surface area contributed by atoms with E-state index in [1.54, 1.807) is 0 Å². The minimum atomic E-state index is -0.397. The molecule has 88 heavy (non-hydrogen) atoms. The fourth-order valence-corrected chi connectivity index (χ4v) is 13.4. The van der Waals surface area contributed by atoms with Gasteiger partial charge in [0.1, 0.15) is 11.2 Å². The SMILES string of the molecule is N#Cc1ccc(N(c2ccccc2)c2ccc3c(c2)N(c2ccccc2-c2ccccc2)c2cc(-c4ccccc4)cc4c2B3c2c(cc(N(c3ccccc3)c3ccc(C#N)cc3)c3c2oc2ccccc23)N4c2ccccc2-c2ccccc2)cc1. The van der Waals surface area contributed by atoms with E-state index in [0.717, 1.165) is 140 Å². The van der Waals surface area contributed by atoms with Crippen molar-refractivity contribution in [3.8, 4) is 45.5 Å². The van der Waals surface area contributed by atoms with E-state index in [2.05, 4.69) is 280 Å². The summed E-state index contributed by atoms with van der Waals surface area (Å²) < 4.78 is 7.61. The Hall–Kier alpha value is -12.1. The molecule has 2 aliphatic heterocycles. The lowest BCUT2D eigenvalue weighted by molar-refractivity contribution is 0.671. The molecule has 13 aromatic carbocycles. The Balaban J connectivity index is 1.08. The number of benzene rings is 13. The first-order valence-corrected chi connectivity index (χ1v) is 29.6. The second-order valence-corrected chi connectivity index (χ2v) is 22.2.